The molecule has 4 heteroatoms. The van der Waals surface area contributed by atoms with Gasteiger partial charge in [-0.2, -0.15) is 0 Å². The Kier molecular flexibility index (Phi) is 4.79. The van der Waals surface area contributed by atoms with E-state index in [1.807, 2.05) is 6.92 Å². The van der Waals surface area contributed by atoms with E-state index in [-0.39, 0.29) is 17.4 Å². The molecule has 2 aromatic carbocycles. The second-order valence-corrected chi connectivity index (χ2v) is 4.70. The van der Waals surface area contributed by atoms with Crippen LogP contribution >= 0.6 is 0 Å². The Bertz CT molecular complexity index is 535. The van der Waals surface area contributed by atoms with Gasteiger partial charge in [-0.3, -0.25) is 0 Å². The van der Waals surface area contributed by atoms with Crippen molar-refractivity contribution in [3.05, 3.63) is 71.0 Å². The zero-order chi connectivity index (χ0) is 14.5. The van der Waals surface area contributed by atoms with Gasteiger partial charge in [-0.25, -0.2) is 13.2 Å². The molecule has 0 aliphatic carbocycles. The number of benzene rings is 2. The summed E-state index contributed by atoms with van der Waals surface area (Å²) in [6.45, 7) is 2.54. The van der Waals surface area contributed by atoms with E-state index in [0.717, 1.165) is 11.1 Å². The second-order valence-electron chi connectivity index (χ2n) is 4.70. The zero-order valence-corrected chi connectivity index (χ0v) is 11.1. The monoisotopic (exact) mass is 279 g/mol. The molecule has 0 aromatic heterocycles. The molecule has 0 aliphatic rings. The van der Waals surface area contributed by atoms with Crippen molar-refractivity contribution >= 4 is 0 Å². The molecule has 0 saturated carbocycles. The number of halogens is 3. The first-order valence-electron chi connectivity index (χ1n) is 6.42. The van der Waals surface area contributed by atoms with Crippen molar-refractivity contribution in [1.82, 2.24) is 5.32 Å². The van der Waals surface area contributed by atoms with Crippen LogP contribution in [0.3, 0.4) is 0 Å². The van der Waals surface area contributed by atoms with E-state index in [1.54, 1.807) is 24.3 Å². The maximum Gasteiger partial charge on any atom is 0.263 e. The third-order valence-corrected chi connectivity index (χ3v) is 3.21. The average Bonchev–Trinajstić information content (AvgIpc) is 2.46. The molecule has 0 spiro atoms. The number of hydrogen-bond acceptors (Lipinski definition) is 1. The van der Waals surface area contributed by atoms with Crippen LogP contribution in [0.25, 0.3) is 0 Å². The van der Waals surface area contributed by atoms with Gasteiger partial charge in [0.25, 0.3) is 6.43 Å². The summed E-state index contributed by atoms with van der Waals surface area (Å²) in [6.07, 6.45) is -2.44. The lowest BCUT2D eigenvalue weighted by Crippen LogP contribution is -2.18. The summed E-state index contributed by atoms with van der Waals surface area (Å²) < 4.78 is 37.7. The standard InChI is InChI=1S/C16H16F3N/c1-11(13-6-8-15(17)9-7-13)20-10-12-2-4-14(5-3-12)16(18)19/h2-9,11,16,20H,10H2,1H3/t11-/m1/s1. The Morgan fingerprint density at radius 2 is 1.45 bits per heavy atom. The molecule has 1 nitrogen and oxygen atoms in total. The Labute approximate surface area is 116 Å². The minimum atomic E-state index is -2.44. The van der Waals surface area contributed by atoms with Crippen molar-refractivity contribution in [3.63, 3.8) is 0 Å². The Hall–Kier alpha value is -1.81. The van der Waals surface area contributed by atoms with Gasteiger partial charge in [0.05, 0.1) is 0 Å². The van der Waals surface area contributed by atoms with Gasteiger partial charge in [-0.1, -0.05) is 36.4 Å². The van der Waals surface area contributed by atoms with E-state index in [0.29, 0.717) is 6.54 Å². The smallest absolute Gasteiger partial charge is 0.263 e. The van der Waals surface area contributed by atoms with Gasteiger partial charge >= 0.3 is 0 Å². The second kappa shape index (κ2) is 6.57. The van der Waals surface area contributed by atoms with E-state index >= 15 is 0 Å². The van der Waals surface area contributed by atoms with Crippen molar-refractivity contribution in [3.8, 4) is 0 Å². The fourth-order valence-corrected chi connectivity index (χ4v) is 1.92. The molecule has 0 heterocycles. The highest BCUT2D eigenvalue weighted by Gasteiger charge is 2.07. The van der Waals surface area contributed by atoms with Crippen LogP contribution in [0.2, 0.25) is 0 Å². The highest BCUT2D eigenvalue weighted by Crippen LogP contribution is 2.19. The van der Waals surface area contributed by atoms with Crippen LogP contribution in [-0.2, 0) is 6.54 Å². The topological polar surface area (TPSA) is 12.0 Å². The summed E-state index contributed by atoms with van der Waals surface area (Å²) in [6, 6.07) is 12.6. The van der Waals surface area contributed by atoms with Crippen LogP contribution in [0.1, 0.15) is 36.1 Å². The van der Waals surface area contributed by atoms with Crippen LogP contribution in [0, 0.1) is 5.82 Å². The Morgan fingerprint density at radius 3 is 2.00 bits per heavy atom. The molecule has 106 valence electrons. The van der Waals surface area contributed by atoms with Crippen molar-refractivity contribution in [2.45, 2.75) is 25.9 Å². The van der Waals surface area contributed by atoms with Gasteiger partial charge in [0.15, 0.2) is 0 Å². The van der Waals surface area contributed by atoms with Gasteiger partial charge in [-0.05, 0) is 30.2 Å². The van der Waals surface area contributed by atoms with Crippen LogP contribution < -0.4 is 5.32 Å². The lowest BCUT2D eigenvalue weighted by molar-refractivity contribution is 0.151. The lowest BCUT2D eigenvalue weighted by atomic mass is 10.1. The third kappa shape index (κ3) is 3.84. The summed E-state index contributed by atoms with van der Waals surface area (Å²) in [5.41, 5.74) is 1.94. The van der Waals surface area contributed by atoms with Gasteiger partial charge in [-0.15, -0.1) is 0 Å². The van der Waals surface area contributed by atoms with Crippen LogP contribution in [0.15, 0.2) is 48.5 Å². The van der Waals surface area contributed by atoms with Gasteiger partial charge in [0.2, 0.25) is 0 Å². The molecule has 20 heavy (non-hydrogen) atoms. The normalized spacial score (nSPS) is 12.7. The average molecular weight is 279 g/mol. The molecule has 2 aromatic rings. The van der Waals surface area contributed by atoms with Gasteiger partial charge in [0, 0.05) is 18.2 Å². The van der Waals surface area contributed by atoms with E-state index in [2.05, 4.69) is 5.32 Å². The van der Waals surface area contributed by atoms with Crippen LogP contribution in [0.5, 0.6) is 0 Å². The van der Waals surface area contributed by atoms with E-state index in [9.17, 15) is 13.2 Å². The van der Waals surface area contributed by atoms with Crippen molar-refractivity contribution < 1.29 is 13.2 Å². The molecule has 0 saturated heterocycles. The largest absolute Gasteiger partial charge is 0.306 e. The lowest BCUT2D eigenvalue weighted by Gasteiger charge is -2.14. The maximum absolute atomic E-state index is 12.8. The third-order valence-electron chi connectivity index (χ3n) is 3.21. The first kappa shape index (κ1) is 14.6. The van der Waals surface area contributed by atoms with Gasteiger partial charge in [0.1, 0.15) is 5.82 Å². The summed E-state index contributed by atoms with van der Waals surface area (Å²) in [5, 5.41) is 3.27. The van der Waals surface area contributed by atoms with E-state index < -0.39 is 6.43 Å². The van der Waals surface area contributed by atoms with Crippen molar-refractivity contribution in [2.24, 2.45) is 0 Å². The molecule has 2 rings (SSSR count). The molecule has 0 bridgehead atoms. The Balaban J connectivity index is 1.92. The van der Waals surface area contributed by atoms with E-state index in [4.69, 9.17) is 0 Å². The summed E-state index contributed by atoms with van der Waals surface area (Å²) in [4.78, 5) is 0. The molecule has 1 N–H and O–H groups in total. The first-order chi connectivity index (χ1) is 9.56. The number of hydrogen-bond donors (Lipinski definition) is 1. The van der Waals surface area contributed by atoms with Crippen molar-refractivity contribution in [1.29, 1.82) is 0 Å². The quantitative estimate of drug-likeness (QED) is 0.842. The number of alkyl halides is 2. The van der Waals surface area contributed by atoms with Crippen LogP contribution in [0.4, 0.5) is 13.2 Å². The SMILES string of the molecule is C[C@@H](NCc1ccc(C(F)F)cc1)c1ccc(F)cc1. The highest BCUT2D eigenvalue weighted by molar-refractivity contribution is 5.24. The predicted molar refractivity (Wildman–Crippen MR) is 73.1 cm³/mol. The molecular weight excluding hydrogens is 263 g/mol. The molecule has 0 unspecified atom stereocenters. The van der Waals surface area contributed by atoms with Crippen molar-refractivity contribution in [2.75, 3.05) is 0 Å². The number of rotatable bonds is 5. The fraction of sp³-hybridized carbons (Fsp3) is 0.250. The van der Waals surface area contributed by atoms with E-state index in [1.165, 1.54) is 24.3 Å². The van der Waals surface area contributed by atoms with Gasteiger partial charge < -0.3 is 5.32 Å². The highest BCUT2D eigenvalue weighted by atomic mass is 19.3. The molecule has 0 aliphatic heterocycles. The summed E-state index contributed by atoms with van der Waals surface area (Å²) >= 11 is 0. The fourth-order valence-electron chi connectivity index (χ4n) is 1.92. The molecule has 0 radical (unpaired) electrons. The molecule has 0 fully saturated rings. The summed E-state index contributed by atoms with van der Waals surface area (Å²) in [7, 11) is 0. The summed E-state index contributed by atoms with van der Waals surface area (Å²) in [5.74, 6) is -0.261. The zero-order valence-electron chi connectivity index (χ0n) is 11.1. The number of nitrogens with one attached hydrogen (secondary N) is 1. The minimum absolute atomic E-state index is 0.0281. The van der Waals surface area contributed by atoms with Crippen LogP contribution in [-0.4, -0.2) is 0 Å². The molecular formula is C16H16F3N. The Morgan fingerprint density at radius 1 is 0.900 bits per heavy atom. The predicted octanol–water partition coefficient (Wildman–Crippen LogP) is 4.61. The molecule has 0 amide bonds. The minimum Gasteiger partial charge on any atom is -0.306 e. The molecule has 1 atom stereocenters. The maximum atomic E-state index is 12.8. The first-order valence-corrected chi connectivity index (χ1v) is 6.42.